The Bertz CT molecular complexity index is 1170. The van der Waals surface area contributed by atoms with Crippen molar-refractivity contribution in [2.45, 2.75) is 6.92 Å². The second-order valence-electron chi connectivity index (χ2n) is 6.48. The van der Waals surface area contributed by atoms with E-state index in [0.717, 1.165) is 11.1 Å². The van der Waals surface area contributed by atoms with Crippen molar-refractivity contribution in [2.75, 3.05) is 4.90 Å². The highest BCUT2D eigenvalue weighted by molar-refractivity contribution is 6.34. The molecule has 5 heteroatoms. The van der Waals surface area contributed by atoms with Gasteiger partial charge in [-0.05, 0) is 48.9 Å². The van der Waals surface area contributed by atoms with Gasteiger partial charge in [-0.3, -0.25) is 9.59 Å². The van der Waals surface area contributed by atoms with Gasteiger partial charge in [0, 0.05) is 5.56 Å². The Kier molecular flexibility index (Phi) is 3.24. The van der Waals surface area contributed by atoms with Gasteiger partial charge in [0.15, 0.2) is 5.58 Å². The number of aromatic nitrogens is 1. The average Bonchev–Trinajstić information content (AvgIpc) is 3.23. The molecule has 27 heavy (non-hydrogen) atoms. The van der Waals surface area contributed by atoms with Crippen LogP contribution in [0.2, 0.25) is 0 Å². The van der Waals surface area contributed by atoms with E-state index in [1.165, 1.54) is 4.90 Å². The zero-order chi connectivity index (χ0) is 18.5. The molecule has 3 aromatic carbocycles. The van der Waals surface area contributed by atoms with Crippen molar-refractivity contribution < 1.29 is 14.0 Å². The van der Waals surface area contributed by atoms with E-state index >= 15 is 0 Å². The number of rotatable bonds is 2. The van der Waals surface area contributed by atoms with E-state index in [-0.39, 0.29) is 11.8 Å². The maximum atomic E-state index is 12.8. The van der Waals surface area contributed by atoms with Crippen molar-refractivity contribution in [3.8, 4) is 11.5 Å². The van der Waals surface area contributed by atoms with Gasteiger partial charge in [0.1, 0.15) is 5.52 Å². The molecule has 130 valence electrons. The summed E-state index contributed by atoms with van der Waals surface area (Å²) < 4.78 is 5.83. The predicted octanol–water partition coefficient (Wildman–Crippen LogP) is 4.60. The lowest BCUT2D eigenvalue weighted by Gasteiger charge is -2.17. The third kappa shape index (κ3) is 2.29. The number of carbonyl (C=O) groups excluding carboxylic acids is 2. The third-order valence-corrected chi connectivity index (χ3v) is 4.78. The van der Waals surface area contributed by atoms with E-state index in [9.17, 15) is 9.59 Å². The molecule has 0 aliphatic carbocycles. The number of benzene rings is 3. The largest absolute Gasteiger partial charge is 0.436 e. The van der Waals surface area contributed by atoms with Crippen molar-refractivity contribution in [1.29, 1.82) is 0 Å². The molecule has 0 fully saturated rings. The molecule has 0 atom stereocenters. The number of para-hydroxylation sites is 2. The summed E-state index contributed by atoms with van der Waals surface area (Å²) >= 11 is 0. The molecule has 5 nitrogen and oxygen atoms in total. The summed E-state index contributed by atoms with van der Waals surface area (Å²) in [6, 6.07) is 19.9. The van der Waals surface area contributed by atoms with Gasteiger partial charge in [0.25, 0.3) is 11.8 Å². The second-order valence-corrected chi connectivity index (χ2v) is 6.48. The van der Waals surface area contributed by atoms with Gasteiger partial charge in [-0.2, -0.15) is 0 Å². The Labute approximate surface area is 154 Å². The lowest BCUT2D eigenvalue weighted by atomic mass is 10.1. The van der Waals surface area contributed by atoms with E-state index in [0.29, 0.717) is 33.9 Å². The maximum Gasteiger partial charge on any atom is 0.266 e. The van der Waals surface area contributed by atoms with Crippen LogP contribution < -0.4 is 4.90 Å². The Morgan fingerprint density at radius 3 is 2.22 bits per heavy atom. The number of anilines is 1. The molecule has 1 aliphatic heterocycles. The first-order valence-corrected chi connectivity index (χ1v) is 8.58. The third-order valence-electron chi connectivity index (χ3n) is 4.78. The number of oxazole rings is 1. The van der Waals surface area contributed by atoms with E-state index in [4.69, 9.17) is 4.42 Å². The Balaban J connectivity index is 1.63. The molecule has 0 bridgehead atoms. The number of hydrogen-bond donors (Lipinski definition) is 0. The Hall–Kier alpha value is -3.73. The van der Waals surface area contributed by atoms with Crippen molar-refractivity contribution >= 4 is 28.6 Å². The highest BCUT2D eigenvalue weighted by atomic mass is 16.3. The first-order valence-electron chi connectivity index (χ1n) is 8.58. The fourth-order valence-corrected chi connectivity index (χ4v) is 3.39. The van der Waals surface area contributed by atoms with Crippen molar-refractivity contribution in [3.05, 3.63) is 83.4 Å². The summed E-state index contributed by atoms with van der Waals surface area (Å²) in [6.45, 7) is 1.87. The smallest absolute Gasteiger partial charge is 0.266 e. The van der Waals surface area contributed by atoms with Gasteiger partial charge in [-0.15, -0.1) is 0 Å². The van der Waals surface area contributed by atoms with Crippen LogP contribution in [0.5, 0.6) is 0 Å². The number of amides is 2. The molecule has 0 N–H and O–H groups in total. The maximum absolute atomic E-state index is 12.8. The minimum absolute atomic E-state index is 0.312. The van der Waals surface area contributed by atoms with Crippen molar-refractivity contribution in [3.63, 3.8) is 0 Å². The van der Waals surface area contributed by atoms with Crippen LogP contribution in [0.15, 0.2) is 71.1 Å². The van der Waals surface area contributed by atoms with Crippen molar-refractivity contribution in [1.82, 2.24) is 4.98 Å². The second kappa shape index (κ2) is 5.64. The number of fused-ring (bicyclic) bond motifs is 2. The van der Waals surface area contributed by atoms with Crippen LogP contribution in [0, 0.1) is 6.92 Å². The summed E-state index contributed by atoms with van der Waals surface area (Å²) in [6.07, 6.45) is 0. The van der Waals surface area contributed by atoms with Gasteiger partial charge in [-0.1, -0.05) is 30.3 Å². The van der Waals surface area contributed by atoms with Crippen LogP contribution in [0.3, 0.4) is 0 Å². The zero-order valence-corrected chi connectivity index (χ0v) is 14.5. The molecule has 2 amide bonds. The van der Waals surface area contributed by atoms with Crippen LogP contribution in [-0.4, -0.2) is 16.8 Å². The first kappa shape index (κ1) is 15.5. The van der Waals surface area contributed by atoms with E-state index < -0.39 is 0 Å². The predicted molar refractivity (Wildman–Crippen MR) is 102 cm³/mol. The number of imide groups is 1. The molecular formula is C22H14N2O3. The minimum atomic E-state index is -0.312. The van der Waals surface area contributed by atoms with Gasteiger partial charge >= 0.3 is 0 Å². The molecule has 0 radical (unpaired) electrons. The average molecular weight is 354 g/mol. The number of aryl methyl sites for hydroxylation is 1. The van der Waals surface area contributed by atoms with Crippen LogP contribution in [0.4, 0.5) is 5.69 Å². The molecule has 4 aromatic rings. The van der Waals surface area contributed by atoms with Crippen LogP contribution in [0.25, 0.3) is 22.6 Å². The Morgan fingerprint density at radius 1 is 0.852 bits per heavy atom. The van der Waals surface area contributed by atoms with Crippen molar-refractivity contribution in [2.24, 2.45) is 0 Å². The van der Waals surface area contributed by atoms with Crippen LogP contribution >= 0.6 is 0 Å². The molecule has 2 heterocycles. The zero-order valence-electron chi connectivity index (χ0n) is 14.5. The highest BCUT2D eigenvalue weighted by Gasteiger charge is 2.37. The van der Waals surface area contributed by atoms with Gasteiger partial charge in [0.05, 0.1) is 16.8 Å². The number of carbonyl (C=O) groups is 2. The molecule has 0 unspecified atom stereocenters. The fourth-order valence-electron chi connectivity index (χ4n) is 3.39. The number of hydrogen-bond acceptors (Lipinski definition) is 4. The quantitative estimate of drug-likeness (QED) is 0.493. The highest BCUT2D eigenvalue weighted by Crippen LogP contribution is 2.34. The van der Waals surface area contributed by atoms with E-state index in [1.807, 2.05) is 43.3 Å². The summed E-state index contributed by atoms with van der Waals surface area (Å²) in [5, 5.41) is 0. The minimum Gasteiger partial charge on any atom is -0.436 e. The summed E-state index contributed by atoms with van der Waals surface area (Å²) in [4.78, 5) is 31.4. The SMILES string of the molecule is Cc1ccc(-c2nc3ccccc3o2)cc1N1C(=O)c2ccccc2C1=O. The standard InChI is InChI=1S/C22H14N2O3/c1-13-10-11-14(20-23-17-8-4-5-9-19(17)27-20)12-18(13)24-21(25)15-6-2-3-7-16(15)22(24)26/h2-12H,1H3. The molecule has 0 saturated heterocycles. The first-order chi connectivity index (χ1) is 13.1. The van der Waals surface area contributed by atoms with Gasteiger partial charge in [0.2, 0.25) is 5.89 Å². The summed E-state index contributed by atoms with van der Waals surface area (Å²) in [5.74, 6) is -0.170. The topological polar surface area (TPSA) is 63.4 Å². The molecule has 1 aliphatic rings. The fraction of sp³-hybridized carbons (Fsp3) is 0.0455. The summed E-state index contributed by atoms with van der Waals surface area (Å²) in [5.41, 5.74) is 4.38. The lowest BCUT2D eigenvalue weighted by Crippen LogP contribution is -2.30. The Morgan fingerprint density at radius 2 is 1.52 bits per heavy atom. The van der Waals surface area contributed by atoms with E-state index in [2.05, 4.69) is 4.98 Å². The molecule has 0 spiro atoms. The normalized spacial score (nSPS) is 13.4. The van der Waals surface area contributed by atoms with Crippen LogP contribution in [-0.2, 0) is 0 Å². The summed E-state index contributed by atoms with van der Waals surface area (Å²) in [7, 11) is 0. The monoisotopic (exact) mass is 354 g/mol. The van der Waals surface area contributed by atoms with Gasteiger partial charge < -0.3 is 4.42 Å². The number of nitrogens with zero attached hydrogens (tertiary/aromatic N) is 2. The lowest BCUT2D eigenvalue weighted by molar-refractivity contribution is 0.0926. The molecule has 5 rings (SSSR count). The molecule has 0 saturated carbocycles. The van der Waals surface area contributed by atoms with E-state index in [1.54, 1.807) is 30.3 Å². The molecular weight excluding hydrogens is 340 g/mol. The molecule has 1 aromatic heterocycles. The van der Waals surface area contributed by atoms with Gasteiger partial charge in [-0.25, -0.2) is 9.88 Å². The van der Waals surface area contributed by atoms with Crippen LogP contribution in [0.1, 0.15) is 26.3 Å².